The van der Waals surface area contributed by atoms with Gasteiger partial charge in [-0.2, -0.15) is 0 Å². The lowest BCUT2D eigenvalue weighted by Gasteiger charge is -2.33. The molecule has 1 aliphatic heterocycles. The molecule has 0 radical (unpaired) electrons. The van der Waals surface area contributed by atoms with Crippen LogP contribution in [-0.2, 0) is 6.42 Å². The summed E-state index contributed by atoms with van der Waals surface area (Å²) in [7, 11) is 0. The van der Waals surface area contributed by atoms with Crippen molar-refractivity contribution < 1.29 is 4.74 Å². The Labute approximate surface area is 171 Å². The lowest BCUT2D eigenvalue weighted by molar-refractivity contribution is 0.476. The topological polar surface area (TPSA) is 12.5 Å². The highest BCUT2D eigenvalue weighted by Crippen LogP contribution is 2.51. The van der Waals surface area contributed by atoms with Crippen molar-refractivity contribution in [3.8, 4) is 11.5 Å². The second-order valence-corrected chi connectivity index (χ2v) is 8.26. The summed E-state index contributed by atoms with van der Waals surface area (Å²) in [6.07, 6.45) is 3.58. The van der Waals surface area contributed by atoms with E-state index >= 15 is 0 Å². The zero-order chi connectivity index (χ0) is 18.1. The molecule has 3 aromatic rings. The van der Waals surface area contributed by atoms with E-state index in [-0.39, 0.29) is 0 Å². The molecule has 0 aliphatic carbocycles. The van der Waals surface area contributed by atoms with Gasteiger partial charge in [0.1, 0.15) is 0 Å². The first-order valence-electron chi connectivity index (χ1n) is 8.82. The van der Waals surface area contributed by atoms with Crippen molar-refractivity contribution in [3.63, 3.8) is 0 Å². The molecule has 4 rings (SSSR count). The first-order valence-corrected chi connectivity index (χ1v) is 10.4. The Balaban J connectivity index is 1.80. The fourth-order valence-electron chi connectivity index (χ4n) is 3.23. The van der Waals surface area contributed by atoms with E-state index in [4.69, 9.17) is 4.74 Å². The summed E-state index contributed by atoms with van der Waals surface area (Å²) in [4.78, 5) is 2.26. The molecular formula is C22H19Br2NO. The minimum absolute atomic E-state index is 0.847. The molecule has 132 valence electrons. The van der Waals surface area contributed by atoms with Crippen LogP contribution in [0.3, 0.4) is 0 Å². The molecule has 0 spiro atoms. The number of ether oxygens (including phenoxy) is 1. The van der Waals surface area contributed by atoms with Gasteiger partial charge in [0.05, 0.1) is 11.4 Å². The molecule has 0 bridgehead atoms. The Morgan fingerprint density at radius 2 is 1.38 bits per heavy atom. The van der Waals surface area contributed by atoms with E-state index in [0.29, 0.717) is 0 Å². The third-order valence-electron chi connectivity index (χ3n) is 4.56. The number of aryl methyl sites for hydroxylation is 1. The summed E-state index contributed by atoms with van der Waals surface area (Å²) in [6.45, 7) is 2.23. The van der Waals surface area contributed by atoms with Crippen molar-refractivity contribution in [2.24, 2.45) is 0 Å². The molecule has 0 aromatic heterocycles. The molecule has 26 heavy (non-hydrogen) atoms. The maximum atomic E-state index is 6.17. The van der Waals surface area contributed by atoms with Crippen molar-refractivity contribution in [2.45, 2.75) is 26.2 Å². The van der Waals surface area contributed by atoms with Gasteiger partial charge in [-0.3, -0.25) is 0 Å². The van der Waals surface area contributed by atoms with Gasteiger partial charge in [-0.05, 0) is 66.9 Å². The average Bonchev–Trinajstić information content (AvgIpc) is 2.64. The summed E-state index contributed by atoms with van der Waals surface area (Å²) in [5.41, 5.74) is 4.62. The number of benzene rings is 3. The van der Waals surface area contributed by atoms with Crippen LogP contribution in [0.5, 0.6) is 11.5 Å². The fourth-order valence-corrected chi connectivity index (χ4v) is 3.91. The summed E-state index contributed by atoms with van der Waals surface area (Å²) in [5.74, 6) is 1.69. The lowest BCUT2D eigenvalue weighted by Crippen LogP contribution is -2.15. The average molecular weight is 473 g/mol. The molecule has 0 saturated carbocycles. The molecule has 0 amide bonds. The van der Waals surface area contributed by atoms with Gasteiger partial charge in [0, 0.05) is 14.6 Å². The highest BCUT2D eigenvalue weighted by molar-refractivity contribution is 9.10. The van der Waals surface area contributed by atoms with Gasteiger partial charge >= 0.3 is 0 Å². The number of anilines is 3. The fraction of sp³-hybridized carbons (Fsp3) is 0.182. The number of hydrogen-bond donors (Lipinski definition) is 0. The van der Waals surface area contributed by atoms with Crippen LogP contribution in [0, 0.1) is 0 Å². The minimum atomic E-state index is 0.847. The SMILES string of the molecule is CCCCc1ccc(N2c3ccc(Br)cc3Oc3cc(Br)ccc32)cc1. The first kappa shape index (κ1) is 17.6. The number of nitrogens with zero attached hydrogens (tertiary/aromatic N) is 1. The molecule has 0 fully saturated rings. The van der Waals surface area contributed by atoms with Crippen LogP contribution in [0.1, 0.15) is 25.3 Å². The number of fused-ring (bicyclic) bond motifs is 2. The van der Waals surface area contributed by atoms with Crippen LogP contribution in [-0.4, -0.2) is 0 Å². The van der Waals surface area contributed by atoms with Crippen LogP contribution >= 0.6 is 31.9 Å². The van der Waals surface area contributed by atoms with Gasteiger partial charge in [-0.15, -0.1) is 0 Å². The predicted molar refractivity (Wildman–Crippen MR) is 115 cm³/mol. The highest BCUT2D eigenvalue weighted by atomic mass is 79.9. The van der Waals surface area contributed by atoms with Gasteiger partial charge < -0.3 is 9.64 Å². The Bertz CT molecular complexity index is 886. The monoisotopic (exact) mass is 471 g/mol. The van der Waals surface area contributed by atoms with Crippen LogP contribution in [0.2, 0.25) is 0 Å². The van der Waals surface area contributed by atoms with Crippen LogP contribution in [0.4, 0.5) is 17.1 Å². The number of halogens is 2. The Kier molecular flexibility index (Phi) is 5.05. The first-order chi connectivity index (χ1) is 12.7. The Hall–Kier alpha value is -1.78. The standard InChI is InChI=1S/C22H19Br2NO/c1-2-3-4-15-5-9-18(10-6-15)25-19-11-7-16(23)13-21(19)26-22-14-17(24)8-12-20(22)25/h5-14H,2-4H2,1H3. The molecule has 0 atom stereocenters. The van der Waals surface area contributed by atoms with Gasteiger partial charge in [-0.1, -0.05) is 57.3 Å². The molecule has 0 unspecified atom stereocenters. The van der Waals surface area contributed by atoms with E-state index in [1.807, 2.05) is 12.1 Å². The molecule has 4 heteroatoms. The molecular weight excluding hydrogens is 454 g/mol. The Morgan fingerprint density at radius 3 is 1.92 bits per heavy atom. The minimum Gasteiger partial charge on any atom is -0.453 e. The van der Waals surface area contributed by atoms with E-state index in [1.165, 1.54) is 18.4 Å². The van der Waals surface area contributed by atoms with Crippen LogP contribution in [0.15, 0.2) is 69.6 Å². The van der Waals surface area contributed by atoms with Gasteiger partial charge in [0.15, 0.2) is 11.5 Å². The van der Waals surface area contributed by atoms with Gasteiger partial charge in [0.2, 0.25) is 0 Å². The summed E-state index contributed by atoms with van der Waals surface area (Å²) >= 11 is 7.09. The van der Waals surface area contributed by atoms with E-state index in [1.54, 1.807) is 0 Å². The Morgan fingerprint density at radius 1 is 0.808 bits per heavy atom. The highest BCUT2D eigenvalue weighted by Gasteiger charge is 2.26. The van der Waals surface area contributed by atoms with E-state index in [2.05, 4.69) is 92.2 Å². The van der Waals surface area contributed by atoms with Crippen molar-refractivity contribution in [2.75, 3.05) is 4.90 Å². The third kappa shape index (κ3) is 3.40. The maximum absolute atomic E-state index is 6.17. The zero-order valence-electron chi connectivity index (χ0n) is 14.5. The molecule has 1 heterocycles. The zero-order valence-corrected chi connectivity index (χ0v) is 17.7. The summed E-state index contributed by atoms with van der Waals surface area (Å²) in [6, 6.07) is 21.2. The van der Waals surface area contributed by atoms with E-state index in [0.717, 1.165) is 43.9 Å². The van der Waals surface area contributed by atoms with Crippen molar-refractivity contribution >= 4 is 48.9 Å². The molecule has 0 saturated heterocycles. The number of rotatable bonds is 4. The van der Waals surface area contributed by atoms with Gasteiger partial charge in [0.25, 0.3) is 0 Å². The maximum Gasteiger partial charge on any atom is 0.152 e. The predicted octanol–water partition coefficient (Wildman–Crippen LogP) is 8.13. The lowest BCUT2D eigenvalue weighted by atomic mass is 10.1. The third-order valence-corrected chi connectivity index (χ3v) is 5.55. The van der Waals surface area contributed by atoms with Crippen molar-refractivity contribution in [1.82, 2.24) is 0 Å². The quantitative estimate of drug-likeness (QED) is 0.297. The molecule has 0 N–H and O–H groups in total. The smallest absolute Gasteiger partial charge is 0.152 e. The second kappa shape index (κ2) is 7.45. The van der Waals surface area contributed by atoms with E-state index in [9.17, 15) is 0 Å². The van der Waals surface area contributed by atoms with Crippen LogP contribution in [0.25, 0.3) is 0 Å². The van der Waals surface area contributed by atoms with E-state index < -0.39 is 0 Å². The van der Waals surface area contributed by atoms with Gasteiger partial charge in [-0.25, -0.2) is 0 Å². The van der Waals surface area contributed by atoms with Crippen LogP contribution < -0.4 is 9.64 Å². The number of unbranched alkanes of at least 4 members (excludes halogenated alkanes) is 1. The van der Waals surface area contributed by atoms with Crippen molar-refractivity contribution in [3.05, 3.63) is 75.2 Å². The summed E-state index contributed by atoms with van der Waals surface area (Å²) in [5, 5.41) is 0. The number of hydrogen-bond acceptors (Lipinski definition) is 2. The molecule has 2 nitrogen and oxygen atoms in total. The van der Waals surface area contributed by atoms with Crippen molar-refractivity contribution in [1.29, 1.82) is 0 Å². The summed E-state index contributed by atoms with van der Waals surface area (Å²) < 4.78 is 8.17. The largest absolute Gasteiger partial charge is 0.453 e. The second-order valence-electron chi connectivity index (χ2n) is 6.43. The molecule has 3 aromatic carbocycles. The normalized spacial score (nSPS) is 12.3. The molecule has 1 aliphatic rings.